The Morgan fingerprint density at radius 3 is 2.24 bits per heavy atom. The maximum atomic E-state index is 13.3. The third-order valence-electron chi connectivity index (χ3n) is 6.65. The van der Waals surface area contributed by atoms with Crippen LogP contribution in [0.1, 0.15) is 53.3 Å². The van der Waals surface area contributed by atoms with Crippen molar-refractivity contribution in [1.82, 2.24) is 9.88 Å². The first kappa shape index (κ1) is 22.1. The van der Waals surface area contributed by atoms with E-state index >= 15 is 0 Å². The van der Waals surface area contributed by atoms with Crippen LogP contribution in [0.15, 0.2) is 66.7 Å². The predicted octanol–water partition coefficient (Wildman–Crippen LogP) is 4.05. The molecule has 0 fully saturated rings. The van der Waals surface area contributed by atoms with Crippen molar-refractivity contribution in [2.75, 3.05) is 0 Å². The molecule has 1 aliphatic heterocycles. The summed E-state index contributed by atoms with van der Waals surface area (Å²) in [5.74, 6) is -1.73. The second-order valence-electron chi connectivity index (χ2n) is 8.73. The summed E-state index contributed by atoms with van der Waals surface area (Å²) in [4.78, 5) is 53.1. The predicted molar refractivity (Wildman–Crippen MR) is 131 cm³/mol. The van der Waals surface area contributed by atoms with Crippen molar-refractivity contribution in [3.63, 3.8) is 0 Å². The van der Waals surface area contributed by atoms with E-state index in [0.29, 0.717) is 27.9 Å². The van der Waals surface area contributed by atoms with Crippen LogP contribution >= 0.6 is 0 Å². The van der Waals surface area contributed by atoms with Gasteiger partial charge in [-0.1, -0.05) is 48.5 Å². The number of hydrogen-bond acceptors (Lipinski definition) is 7. The Balaban J connectivity index is 1.30. The number of H-pyrrole nitrogens is 1. The van der Waals surface area contributed by atoms with Gasteiger partial charge in [-0.3, -0.25) is 34.8 Å². The molecule has 2 amide bonds. The molecule has 1 aromatic heterocycles. The van der Waals surface area contributed by atoms with Gasteiger partial charge in [-0.05, 0) is 17.2 Å². The number of nitro groups is 1. The second-order valence-corrected chi connectivity index (χ2v) is 8.73. The van der Waals surface area contributed by atoms with Gasteiger partial charge in [0, 0.05) is 23.3 Å². The molecule has 0 saturated carbocycles. The van der Waals surface area contributed by atoms with Gasteiger partial charge in [-0.25, -0.2) is 0 Å². The van der Waals surface area contributed by atoms with E-state index in [1.54, 1.807) is 48.5 Å². The number of carbonyl (C=O) groups excluding carboxylic acids is 3. The maximum absolute atomic E-state index is 13.3. The Kier molecular flexibility index (Phi) is 4.67. The number of aromatic nitrogens is 1. The normalized spacial score (nSPS) is 14.0. The summed E-state index contributed by atoms with van der Waals surface area (Å²) in [6.45, 7) is -0.0501. The summed E-state index contributed by atoms with van der Waals surface area (Å²) in [6.07, 6.45) is 0. The molecule has 180 valence electrons. The molecule has 0 unspecified atom stereocenters. The minimum absolute atomic E-state index is 0.00875. The van der Waals surface area contributed by atoms with Gasteiger partial charge in [-0.2, -0.15) is 0 Å². The standard InChI is InChI=1S/C27H16N4O6/c28-22-16-3-1-2-4-17(16)24(32)21-20(22)25(33)29-23(21)14-7-5-13(6-8-14)12-30-26(34)18-10-9-15(31(36)37)11-19(18)27(30)35/h1-11,28-29,33H,12H2. The van der Waals surface area contributed by atoms with Gasteiger partial charge in [0.1, 0.15) is 0 Å². The van der Waals surface area contributed by atoms with E-state index in [0.717, 1.165) is 11.0 Å². The molecule has 10 heteroatoms. The molecular formula is C27H16N4O6. The molecule has 2 aliphatic rings. The molecule has 10 nitrogen and oxygen atoms in total. The first-order chi connectivity index (χ1) is 17.8. The van der Waals surface area contributed by atoms with Gasteiger partial charge in [-0.15, -0.1) is 0 Å². The molecule has 6 rings (SSSR count). The molecule has 0 atom stereocenters. The molecule has 0 saturated heterocycles. The van der Waals surface area contributed by atoms with E-state index in [1.165, 1.54) is 12.1 Å². The number of nitrogens with one attached hydrogen (secondary N) is 2. The SMILES string of the molecule is N=C1c2ccccc2C(=O)c2c(-c3ccc(CN4C(=O)c5ccc([N+](=O)[O-])cc5C4=O)cc3)[nH]c(O)c21. The maximum Gasteiger partial charge on any atom is 0.270 e. The van der Waals surface area contributed by atoms with Gasteiger partial charge < -0.3 is 10.1 Å². The van der Waals surface area contributed by atoms with Crippen LogP contribution in [-0.4, -0.2) is 43.2 Å². The first-order valence-corrected chi connectivity index (χ1v) is 11.2. The molecule has 3 N–H and O–H groups in total. The van der Waals surface area contributed by atoms with Crippen molar-refractivity contribution in [2.45, 2.75) is 6.54 Å². The van der Waals surface area contributed by atoms with Crippen molar-refractivity contribution < 1.29 is 24.4 Å². The Labute approximate surface area is 208 Å². The number of benzene rings is 3. The molecule has 3 aromatic carbocycles. The van der Waals surface area contributed by atoms with Gasteiger partial charge in [0.15, 0.2) is 11.7 Å². The monoisotopic (exact) mass is 492 g/mol. The van der Waals surface area contributed by atoms with Gasteiger partial charge in [0.2, 0.25) is 0 Å². The average Bonchev–Trinajstić information content (AvgIpc) is 3.37. The summed E-state index contributed by atoms with van der Waals surface area (Å²) < 4.78 is 0. The Hall–Kier alpha value is -5.38. The zero-order valence-corrected chi connectivity index (χ0v) is 18.9. The number of rotatable bonds is 4. The van der Waals surface area contributed by atoms with E-state index in [1.807, 2.05) is 0 Å². The molecule has 0 bridgehead atoms. The van der Waals surface area contributed by atoms with Crippen LogP contribution in [0.4, 0.5) is 5.69 Å². The van der Waals surface area contributed by atoms with Crippen molar-refractivity contribution in [2.24, 2.45) is 0 Å². The fourth-order valence-electron chi connectivity index (χ4n) is 4.84. The lowest BCUT2D eigenvalue weighted by molar-refractivity contribution is -0.384. The van der Waals surface area contributed by atoms with Crippen molar-refractivity contribution in [1.29, 1.82) is 5.41 Å². The highest BCUT2D eigenvalue weighted by Gasteiger charge is 2.37. The molecule has 4 aromatic rings. The molecule has 2 heterocycles. The Morgan fingerprint density at radius 2 is 1.54 bits per heavy atom. The van der Waals surface area contributed by atoms with Crippen LogP contribution in [0.25, 0.3) is 11.3 Å². The average molecular weight is 492 g/mol. The van der Waals surface area contributed by atoms with Crippen molar-refractivity contribution in [3.05, 3.63) is 116 Å². The fraction of sp³-hybridized carbons (Fsp3) is 0.0370. The van der Waals surface area contributed by atoms with Gasteiger partial charge in [0.25, 0.3) is 17.5 Å². The number of aromatic hydroxyl groups is 1. The second kappa shape index (κ2) is 7.82. The lowest BCUT2D eigenvalue weighted by Crippen LogP contribution is -2.29. The Morgan fingerprint density at radius 1 is 0.865 bits per heavy atom. The lowest BCUT2D eigenvalue weighted by Gasteiger charge is -2.17. The van der Waals surface area contributed by atoms with E-state index in [9.17, 15) is 29.6 Å². The summed E-state index contributed by atoms with van der Waals surface area (Å²) in [5, 5.41) is 30.1. The number of aromatic amines is 1. The van der Waals surface area contributed by atoms with Crippen LogP contribution in [0.3, 0.4) is 0 Å². The molecule has 37 heavy (non-hydrogen) atoms. The van der Waals surface area contributed by atoms with E-state index in [2.05, 4.69) is 4.98 Å². The van der Waals surface area contributed by atoms with Crippen LogP contribution < -0.4 is 0 Å². The minimum Gasteiger partial charge on any atom is -0.494 e. The summed E-state index contributed by atoms with van der Waals surface area (Å²) in [5.41, 5.74) is 2.59. The lowest BCUT2D eigenvalue weighted by atomic mass is 9.84. The number of non-ortho nitro benzene ring substituents is 1. The Bertz CT molecular complexity index is 1720. The highest BCUT2D eigenvalue weighted by molar-refractivity contribution is 6.32. The third kappa shape index (κ3) is 3.19. The fourth-order valence-corrected chi connectivity index (χ4v) is 4.84. The first-order valence-electron chi connectivity index (χ1n) is 11.2. The van der Waals surface area contributed by atoms with Crippen LogP contribution in [0.5, 0.6) is 5.88 Å². The van der Waals surface area contributed by atoms with Crippen LogP contribution in [-0.2, 0) is 6.54 Å². The highest BCUT2D eigenvalue weighted by atomic mass is 16.6. The van der Waals surface area contributed by atoms with Crippen LogP contribution in [0, 0.1) is 15.5 Å². The zero-order chi connectivity index (χ0) is 26.0. The zero-order valence-electron chi connectivity index (χ0n) is 18.9. The molecule has 1 aliphatic carbocycles. The third-order valence-corrected chi connectivity index (χ3v) is 6.65. The van der Waals surface area contributed by atoms with Crippen molar-refractivity contribution in [3.8, 4) is 17.1 Å². The van der Waals surface area contributed by atoms with E-state index in [4.69, 9.17) is 5.41 Å². The number of fused-ring (bicyclic) bond motifs is 3. The summed E-state index contributed by atoms with van der Waals surface area (Å²) in [6, 6.07) is 17.0. The molecule has 0 spiro atoms. The highest BCUT2D eigenvalue weighted by Crippen LogP contribution is 2.39. The van der Waals surface area contributed by atoms with Gasteiger partial charge in [0.05, 0.1) is 45.1 Å². The van der Waals surface area contributed by atoms with E-state index in [-0.39, 0.29) is 51.9 Å². The summed E-state index contributed by atoms with van der Waals surface area (Å²) >= 11 is 0. The smallest absolute Gasteiger partial charge is 0.270 e. The number of amides is 2. The topological polar surface area (TPSA) is 157 Å². The summed E-state index contributed by atoms with van der Waals surface area (Å²) in [7, 11) is 0. The molecule has 0 radical (unpaired) electrons. The number of carbonyl (C=O) groups is 3. The largest absolute Gasteiger partial charge is 0.494 e. The number of imide groups is 1. The van der Waals surface area contributed by atoms with Gasteiger partial charge >= 0.3 is 0 Å². The quantitative estimate of drug-likeness (QED) is 0.195. The number of ketones is 1. The molecular weight excluding hydrogens is 476 g/mol. The van der Waals surface area contributed by atoms with E-state index < -0.39 is 16.7 Å². The number of nitrogens with zero attached hydrogens (tertiary/aromatic N) is 2. The number of nitro benzene ring substituents is 1. The minimum atomic E-state index is -0.624. The van der Waals surface area contributed by atoms with Crippen molar-refractivity contribution >= 4 is 29.0 Å². The number of hydrogen-bond donors (Lipinski definition) is 3. The van der Waals surface area contributed by atoms with Crippen LogP contribution in [0.2, 0.25) is 0 Å².